The van der Waals surface area contributed by atoms with Gasteiger partial charge in [-0.3, -0.25) is 0 Å². The minimum absolute atomic E-state index is 1.09. The van der Waals surface area contributed by atoms with Gasteiger partial charge in [0, 0.05) is 0 Å². The summed E-state index contributed by atoms with van der Waals surface area (Å²) < 4.78 is 39.2. The van der Waals surface area contributed by atoms with Crippen LogP contribution in [-0.2, 0) is 0 Å². The van der Waals surface area contributed by atoms with E-state index < -0.39 is 45.4 Å². The van der Waals surface area contributed by atoms with Gasteiger partial charge in [0.15, 0.2) is 17.5 Å². The zero-order chi connectivity index (χ0) is 12.6. The summed E-state index contributed by atoms with van der Waals surface area (Å²) in [6, 6.07) is 0. The second-order valence-corrected chi connectivity index (χ2v) is 3.10. The van der Waals surface area contributed by atoms with Crippen molar-refractivity contribution in [2.24, 2.45) is 0 Å². The van der Waals surface area contributed by atoms with Gasteiger partial charge in [-0.2, -0.15) is 0 Å². The quantitative estimate of drug-likeness (QED) is 0.554. The molecule has 1 rings (SSSR count). The van der Waals surface area contributed by atoms with E-state index in [1.54, 1.807) is 0 Å². The number of hydrogen-bond donors (Lipinski definition) is 3. The average Bonchev–Trinajstić information content (AvgIpc) is 2.13. The molecule has 0 aliphatic carbocycles. The highest BCUT2D eigenvalue weighted by Crippen LogP contribution is 2.27. The van der Waals surface area contributed by atoms with Gasteiger partial charge >= 0.3 is 11.9 Å². The van der Waals surface area contributed by atoms with Crippen LogP contribution in [0.5, 0.6) is 0 Å². The van der Waals surface area contributed by atoms with Gasteiger partial charge in [-0.1, -0.05) is 0 Å². The van der Waals surface area contributed by atoms with Crippen LogP contribution < -0.4 is 0 Å². The van der Waals surface area contributed by atoms with E-state index >= 15 is 0 Å². The minimum Gasteiger partial charge on any atom is -0.478 e. The van der Waals surface area contributed by atoms with E-state index in [9.17, 15) is 22.8 Å². The third-order valence-electron chi connectivity index (χ3n) is 1.72. The molecular formula is C8H3F3O4S. The number of halogens is 3. The van der Waals surface area contributed by atoms with Crippen LogP contribution in [0.25, 0.3) is 0 Å². The Bertz CT molecular complexity index is 460. The molecule has 0 saturated carbocycles. The summed E-state index contributed by atoms with van der Waals surface area (Å²) in [5.74, 6) is -9.72. The first kappa shape index (κ1) is 12.4. The Balaban J connectivity index is 3.80. The van der Waals surface area contributed by atoms with Crippen LogP contribution >= 0.6 is 12.6 Å². The fourth-order valence-corrected chi connectivity index (χ4v) is 1.32. The van der Waals surface area contributed by atoms with Crippen molar-refractivity contribution in [1.29, 1.82) is 0 Å². The largest absolute Gasteiger partial charge is 0.478 e. The fourth-order valence-electron chi connectivity index (χ4n) is 1.03. The molecule has 2 N–H and O–H groups in total. The van der Waals surface area contributed by atoms with Gasteiger partial charge in [-0.15, -0.1) is 12.6 Å². The van der Waals surface area contributed by atoms with E-state index in [-0.39, 0.29) is 0 Å². The Morgan fingerprint density at radius 2 is 1.31 bits per heavy atom. The molecule has 86 valence electrons. The Morgan fingerprint density at radius 3 is 1.69 bits per heavy atom. The van der Waals surface area contributed by atoms with Crippen molar-refractivity contribution in [3.8, 4) is 0 Å². The van der Waals surface area contributed by atoms with Crippen LogP contribution in [0.3, 0.4) is 0 Å². The van der Waals surface area contributed by atoms with E-state index in [2.05, 4.69) is 12.6 Å². The number of benzene rings is 1. The first-order valence-corrected chi connectivity index (χ1v) is 4.09. The molecule has 0 aliphatic heterocycles. The predicted octanol–water partition coefficient (Wildman–Crippen LogP) is 1.79. The minimum atomic E-state index is -2.11. The van der Waals surface area contributed by atoms with E-state index in [0.717, 1.165) is 0 Å². The highest BCUT2D eigenvalue weighted by atomic mass is 32.1. The highest BCUT2D eigenvalue weighted by Gasteiger charge is 2.30. The van der Waals surface area contributed by atoms with E-state index in [0.29, 0.717) is 0 Å². The Morgan fingerprint density at radius 1 is 0.875 bits per heavy atom. The van der Waals surface area contributed by atoms with Crippen molar-refractivity contribution < 1.29 is 33.0 Å². The molecule has 0 atom stereocenters. The third kappa shape index (κ3) is 1.71. The number of rotatable bonds is 2. The number of carboxylic acid groups (broad SMARTS) is 2. The smallest absolute Gasteiger partial charge is 0.341 e. The lowest BCUT2D eigenvalue weighted by atomic mass is 10.1. The normalized spacial score (nSPS) is 10.2. The van der Waals surface area contributed by atoms with E-state index in [4.69, 9.17) is 10.2 Å². The summed E-state index contributed by atoms with van der Waals surface area (Å²) in [6.45, 7) is 0. The molecule has 0 bridgehead atoms. The molecule has 16 heavy (non-hydrogen) atoms. The van der Waals surface area contributed by atoms with Gasteiger partial charge in [-0.05, 0) is 0 Å². The zero-order valence-corrected chi connectivity index (χ0v) is 8.19. The molecule has 0 aromatic heterocycles. The number of thiol groups is 1. The van der Waals surface area contributed by atoms with Crippen molar-refractivity contribution in [2.45, 2.75) is 4.90 Å². The monoisotopic (exact) mass is 252 g/mol. The SMILES string of the molecule is O=C(O)c1c(F)c(F)c(S)c(C(=O)O)c1F. The Hall–Kier alpha value is -1.70. The Kier molecular flexibility index (Phi) is 3.13. The summed E-state index contributed by atoms with van der Waals surface area (Å²) in [7, 11) is 0. The van der Waals surface area contributed by atoms with Crippen molar-refractivity contribution in [2.75, 3.05) is 0 Å². The lowest BCUT2D eigenvalue weighted by molar-refractivity contribution is 0.0678. The van der Waals surface area contributed by atoms with Gasteiger partial charge < -0.3 is 10.2 Å². The van der Waals surface area contributed by atoms with Gasteiger partial charge in [0.1, 0.15) is 11.1 Å². The summed E-state index contributed by atoms with van der Waals surface area (Å²) >= 11 is 3.28. The molecule has 4 nitrogen and oxygen atoms in total. The van der Waals surface area contributed by atoms with Gasteiger partial charge in [0.05, 0.1) is 4.90 Å². The first-order chi connectivity index (χ1) is 7.29. The number of carbonyl (C=O) groups is 2. The van der Waals surface area contributed by atoms with Gasteiger partial charge in [-0.25, -0.2) is 22.8 Å². The van der Waals surface area contributed by atoms with Crippen LogP contribution in [0.15, 0.2) is 4.90 Å². The van der Waals surface area contributed by atoms with Gasteiger partial charge in [0.25, 0.3) is 0 Å². The molecule has 0 amide bonds. The molecule has 0 radical (unpaired) electrons. The predicted molar refractivity (Wildman–Crippen MR) is 47.5 cm³/mol. The maximum atomic E-state index is 13.3. The zero-order valence-electron chi connectivity index (χ0n) is 7.29. The molecule has 0 saturated heterocycles. The molecular weight excluding hydrogens is 249 g/mol. The molecule has 0 spiro atoms. The lowest BCUT2D eigenvalue weighted by Gasteiger charge is -2.07. The first-order valence-electron chi connectivity index (χ1n) is 3.65. The maximum Gasteiger partial charge on any atom is 0.341 e. The lowest BCUT2D eigenvalue weighted by Crippen LogP contribution is -2.14. The molecule has 0 fully saturated rings. The van der Waals surface area contributed by atoms with Crippen molar-refractivity contribution in [3.05, 3.63) is 28.6 Å². The van der Waals surface area contributed by atoms with Crippen molar-refractivity contribution >= 4 is 24.6 Å². The average molecular weight is 252 g/mol. The number of aromatic carboxylic acids is 2. The molecule has 0 aliphatic rings. The summed E-state index contributed by atoms with van der Waals surface area (Å²) in [5.41, 5.74) is -2.98. The second-order valence-electron chi connectivity index (χ2n) is 2.65. The highest BCUT2D eigenvalue weighted by molar-refractivity contribution is 7.80. The van der Waals surface area contributed by atoms with E-state index in [1.807, 2.05) is 0 Å². The summed E-state index contributed by atoms with van der Waals surface area (Å²) in [6.07, 6.45) is 0. The molecule has 1 aromatic carbocycles. The van der Waals surface area contributed by atoms with Crippen LogP contribution in [0, 0.1) is 17.5 Å². The van der Waals surface area contributed by atoms with Crippen molar-refractivity contribution in [3.63, 3.8) is 0 Å². The Labute approximate surface area is 91.7 Å². The molecule has 8 heteroatoms. The molecule has 0 unspecified atom stereocenters. The topological polar surface area (TPSA) is 74.6 Å². The number of carboxylic acids is 2. The standard InChI is InChI=1S/C8H3F3O4S/c9-3-1(7(12)13)4(10)5(11)6(16)2(3)8(14)15/h16H,(H,12,13)(H,14,15). The van der Waals surface area contributed by atoms with Crippen LogP contribution in [-0.4, -0.2) is 22.2 Å². The van der Waals surface area contributed by atoms with Crippen LogP contribution in [0.4, 0.5) is 13.2 Å². The number of hydrogen-bond acceptors (Lipinski definition) is 3. The van der Waals surface area contributed by atoms with E-state index in [1.165, 1.54) is 0 Å². The van der Waals surface area contributed by atoms with Gasteiger partial charge in [0.2, 0.25) is 0 Å². The summed E-state index contributed by atoms with van der Waals surface area (Å²) in [4.78, 5) is 19.8. The summed E-state index contributed by atoms with van der Waals surface area (Å²) in [5, 5.41) is 16.9. The third-order valence-corrected chi connectivity index (χ3v) is 2.14. The van der Waals surface area contributed by atoms with Crippen LogP contribution in [0.2, 0.25) is 0 Å². The fraction of sp³-hybridized carbons (Fsp3) is 0. The second kappa shape index (κ2) is 4.05. The van der Waals surface area contributed by atoms with Crippen LogP contribution in [0.1, 0.15) is 20.7 Å². The molecule has 0 heterocycles. The van der Waals surface area contributed by atoms with Crippen molar-refractivity contribution in [1.82, 2.24) is 0 Å². The molecule has 1 aromatic rings. The maximum absolute atomic E-state index is 13.3.